The first-order valence-electron chi connectivity index (χ1n) is 3.80. The van der Waals surface area contributed by atoms with Crippen LogP contribution in [0, 0.1) is 0 Å². The molecule has 0 aliphatic heterocycles. The zero-order chi connectivity index (χ0) is 8.85. The third-order valence-corrected chi connectivity index (χ3v) is 1.63. The molecule has 0 aromatic carbocycles. The number of hydrogen-bond donors (Lipinski definition) is 2. The summed E-state index contributed by atoms with van der Waals surface area (Å²) in [6.07, 6.45) is 1.83. The monoisotopic (exact) mass is 159 g/mol. The molecule has 0 unspecified atom stereocenters. The first-order chi connectivity index (χ1) is 5.13. The van der Waals surface area contributed by atoms with Crippen LogP contribution in [0.2, 0.25) is 0 Å². The molecule has 0 rings (SSSR count). The van der Waals surface area contributed by atoms with Crippen LogP contribution in [0.4, 0.5) is 0 Å². The highest BCUT2D eigenvalue weighted by atomic mass is 16.2. The summed E-state index contributed by atoms with van der Waals surface area (Å²) in [6.45, 7) is 2.04. The number of likely N-dealkylation sites (N-methyl/N-ethyl adjacent to an activating group) is 1. The Kier molecular flexibility index (Phi) is 4.81. The molecule has 4 heteroatoms. The summed E-state index contributed by atoms with van der Waals surface area (Å²) in [5.41, 5.74) is 2.15. The van der Waals surface area contributed by atoms with Crippen LogP contribution in [-0.4, -0.2) is 30.9 Å². The van der Waals surface area contributed by atoms with E-state index in [0.29, 0.717) is 0 Å². The maximum Gasteiger partial charge on any atom is 0.251 e. The molecule has 0 radical (unpaired) electrons. The first-order valence-corrected chi connectivity index (χ1v) is 3.80. The lowest BCUT2D eigenvalue weighted by atomic mass is 10.1. The summed E-state index contributed by atoms with van der Waals surface area (Å²) in [4.78, 5) is 12.9. The molecule has 1 atom stereocenters. The summed E-state index contributed by atoms with van der Waals surface area (Å²) < 4.78 is 0. The Bertz CT molecular complexity index is 125. The normalized spacial score (nSPS) is 13.2. The van der Waals surface area contributed by atoms with Crippen molar-refractivity contribution in [3.63, 3.8) is 0 Å². The van der Waals surface area contributed by atoms with Gasteiger partial charge in [0.25, 0.3) is 5.91 Å². The van der Waals surface area contributed by atoms with Gasteiger partial charge in [-0.3, -0.25) is 15.1 Å². The average Bonchev–Trinajstić information content (AvgIpc) is 1.98. The Morgan fingerprint density at radius 1 is 1.64 bits per heavy atom. The highest BCUT2D eigenvalue weighted by Gasteiger charge is 2.17. The van der Waals surface area contributed by atoms with Crippen molar-refractivity contribution in [3.05, 3.63) is 0 Å². The maximum absolute atomic E-state index is 11.1. The van der Waals surface area contributed by atoms with Gasteiger partial charge in [-0.25, -0.2) is 5.84 Å². The molecule has 0 bridgehead atoms. The standard InChI is InChI=1S/C7H17N3O/c1-4-5-6(10(2)3)7(11)9-8/h6H,4-5,8H2,1-3H3,(H,9,11)/t6-/m1/s1. The van der Waals surface area contributed by atoms with Crippen LogP contribution < -0.4 is 11.3 Å². The first kappa shape index (κ1) is 10.4. The highest BCUT2D eigenvalue weighted by Crippen LogP contribution is 2.01. The quantitative estimate of drug-likeness (QED) is 0.336. The van der Waals surface area contributed by atoms with Gasteiger partial charge in [0.15, 0.2) is 0 Å². The van der Waals surface area contributed by atoms with E-state index in [4.69, 9.17) is 5.84 Å². The van der Waals surface area contributed by atoms with E-state index in [1.54, 1.807) is 0 Å². The fraction of sp³-hybridized carbons (Fsp3) is 0.857. The van der Waals surface area contributed by atoms with E-state index in [0.717, 1.165) is 12.8 Å². The lowest BCUT2D eigenvalue weighted by Crippen LogP contribution is -2.46. The van der Waals surface area contributed by atoms with E-state index in [-0.39, 0.29) is 11.9 Å². The molecule has 11 heavy (non-hydrogen) atoms. The van der Waals surface area contributed by atoms with Gasteiger partial charge in [0.2, 0.25) is 0 Å². The van der Waals surface area contributed by atoms with E-state index in [9.17, 15) is 4.79 Å². The molecule has 1 amide bonds. The number of rotatable bonds is 4. The molecular formula is C7H17N3O. The SMILES string of the molecule is CCC[C@H](C(=O)NN)N(C)C. The Labute approximate surface area is 67.7 Å². The molecule has 0 saturated heterocycles. The Morgan fingerprint density at radius 2 is 2.18 bits per heavy atom. The van der Waals surface area contributed by atoms with Gasteiger partial charge in [-0.05, 0) is 20.5 Å². The number of amides is 1. The average molecular weight is 159 g/mol. The van der Waals surface area contributed by atoms with Gasteiger partial charge in [-0.15, -0.1) is 0 Å². The highest BCUT2D eigenvalue weighted by molar-refractivity contribution is 5.80. The number of nitrogens with two attached hydrogens (primary N) is 1. The van der Waals surface area contributed by atoms with Gasteiger partial charge in [-0.1, -0.05) is 13.3 Å². The molecule has 0 aromatic rings. The molecule has 0 fully saturated rings. The second-order valence-corrected chi connectivity index (χ2v) is 2.78. The minimum atomic E-state index is -0.114. The Morgan fingerprint density at radius 3 is 2.45 bits per heavy atom. The minimum absolute atomic E-state index is 0.0926. The number of hydrogen-bond acceptors (Lipinski definition) is 3. The van der Waals surface area contributed by atoms with E-state index in [1.165, 1.54) is 0 Å². The summed E-state index contributed by atoms with van der Waals surface area (Å²) in [7, 11) is 3.74. The lowest BCUT2D eigenvalue weighted by Gasteiger charge is -2.21. The molecule has 3 N–H and O–H groups in total. The number of carbonyl (C=O) groups excluding carboxylic acids is 1. The Balaban J connectivity index is 3.98. The third-order valence-electron chi connectivity index (χ3n) is 1.63. The summed E-state index contributed by atoms with van der Waals surface area (Å²) in [5, 5.41) is 0. The fourth-order valence-electron chi connectivity index (χ4n) is 0.993. The van der Waals surface area contributed by atoms with Crippen molar-refractivity contribution >= 4 is 5.91 Å². The molecule has 0 spiro atoms. The molecule has 0 heterocycles. The van der Waals surface area contributed by atoms with E-state index in [1.807, 2.05) is 25.9 Å². The predicted octanol–water partition coefficient (Wildman–Crippen LogP) is -0.293. The maximum atomic E-state index is 11.1. The summed E-state index contributed by atoms with van der Waals surface area (Å²) >= 11 is 0. The second kappa shape index (κ2) is 5.09. The van der Waals surface area contributed by atoms with Crippen molar-refractivity contribution in [1.29, 1.82) is 0 Å². The van der Waals surface area contributed by atoms with Crippen LogP contribution >= 0.6 is 0 Å². The van der Waals surface area contributed by atoms with Gasteiger partial charge < -0.3 is 0 Å². The summed E-state index contributed by atoms with van der Waals surface area (Å²) in [5.74, 6) is 4.90. The molecule has 66 valence electrons. The Hall–Kier alpha value is -0.610. The van der Waals surface area contributed by atoms with E-state index in [2.05, 4.69) is 5.43 Å². The number of nitrogens with one attached hydrogen (secondary N) is 1. The lowest BCUT2D eigenvalue weighted by molar-refractivity contribution is -0.125. The largest absolute Gasteiger partial charge is 0.298 e. The van der Waals surface area contributed by atoms with Crippen LogP contribution in [0.25, 0.3) is 0 Å². The van der Waals surface area contributed by atoms with Crippen LogP contribution in [0.1, 0.15) is 19.8 Å². The van der Waals surface area contributed by atoms with Gasteiger partial charge in [0.1, 0.15) is 0 Å². The zero-order valence-electron chi connectivity index (χ0n) is 7.42. The van der Waals surface area contributed by atoms with Gasteiger partial charge in [0.05, 0.1) is 6.04 Å². The molecule has 0 aromatic heterocycles. The topological polar surface area (TPSA) is 58.4 Å². The van der Waals surface area contributed by atoms with Crippen molar-refractivity contribution in [3.8, 4) is 0 Å². The van der Waals surface area contributed by atoms with Gasteiger partial charge >= 0.3 is 0 Å². The van der Waals surface area contributed by atoms with Crippen LogP contribution in [0.5, 0.6) is 0 Å². The van der Waals surface area contributed by atoms with Crippen molar-refractivity contribution in [2.75, 3.05) is 14.1 Å². The van der Waals surface area contributed by atoms with E-state index < -0.39 is 0 Å². The van der Waals surface area contributed by atoms with E-state index >= 15 is 0 Å². The fourth-order valence-corrected chi connectivity index (χ4v) is 0.993. The van der Waals surface area contributed by atoms with Crippen molar-refractivity contribution in [1.82, 2.24) is 10.3 Å². The molecule has 0 aliphatic carbocycles. The number of carbonyl (C=O) groups is 1. The van der Waals surface area contributed by atoms with Crippen LogP contribution in [0.3, 0.4) is 0 Å². The number of nitrogens with zero attached hydrogens (tertiary/aromatic N) is 1. The summed E-state index contributed by atoms with van der Waals surface area (Å²) in [6, 6.07) is -0.0926. The molecule has 0 aliphatic rings. The van der Waals surface area contributed by atoms with Gasteiger partial charge in [-0.2, -0.15) is 0 Å². The van der Waals surface area contributed by atoms with Crippen molar-refractivity contribution < 1.29 is 4.79 Å². The van der Waals surface area contributed by atoms with Crippen molar-refractivity contribution in [2.45, 2.75) is 25.8 Å². The molecule has 0 saturated carbocycles. The minimum Gasteiger partial charge on any atom is -0.298 e. The smallest absolute Gasteiger partial charge is 0.251 e. The third kappa shape index (κ3) is 3.34. The van der Waals surface area contributed by atoms with Gasteiger partial charge in [0, 0.05) is 0 Å². The molecule has 4 nitrogen and oxygen atoms in total. The zero-order valence-corrected chi connectivity index (χ0v) is 7.42. The van der Waals surface area contributed by atoms with Crippen LogP contribution in [-0.2, 0) is 4.79 Å². The van der Waals surface area contributed by atoms with Crippen molar-refractivity contribution in [2.24, 2.45) is 5.84 Å². The second-order valence-electron chi connectivity index (χ2n) is 2.78. The molecular weight excluding hydrogens is 142 g/mol. The van der Waals surface area contributed by atoms with Crippen LogP contribution in [0.15, 0.2) is 0 Å². The number of hydrazine groups is 1. The predicted molar refractivity (Wildman–Crippen MR) is 44.7 cm³/mol.